The Balaban J connectivity index is 1.72. The molecule has 174 valence electrons. The Kier molecular flexibility index (Phi) is 6.96. The van der Waals surface area contributed by atoms with Crippen LogP contribution in [0, 0.1) is 0 Å². The van der Waals surface area contributed by atoms with E-state index in [4.69, 9.17) is 9.47 Å². The lowest BCUT2D eigenvalue weighted by atomic mass is 9.95. The van der Waals surface area contributed by atoms with Gasteiger partial charge in [0.25, 0.3) is 11.7 Å². The highest BCUT2D eigenvalue weighted by molar-refractivity contribution is 6.46. The zero-order valence-corrected chi connectivity index (χ0v) is 18.9. The van der Waals surface area contributed by atoms with Gasteiger partial charge in [-0.2, -0.15) is 0 Å². The van der Waals surface area contributed by atoms with Gasteiger partial charge in [-0.1, -0.05) is 12.1 Å². The molecule has 0 aliphatic carbocycles. The first kappa shape index (κ1) is 22.8. The molecule has 0 unspecified atom stereocenters. The fourth-order valence-electron chi connectivity index (χ4n) is 4.33. The first-order chi connectivity index (χ1) is 16.0. The van der Waals surface area contributed by atoms with Crippen molar-refractivity contribution >= 4 is 17.4 Å². The van der Waals surface area contributed by atoms with Gasteiger partial charge in [-0.25, -0.2) is 0 Å². The zero-order valence-electron chi connectivity index (χ0n) is 18.9. The van der Waals surface area contributed by atoms with E-state index < -0.39 is 17.7 Å². The van der Waals surface area contributed by atoms with Crippen LogP contribution >= 0.6 is 0 Å². The number of likely N-dealkylation sites (tertiary alicyclic amines) is 1. The molecule has 8 nitrogen and oxygen atoms in total. The smallest absolute Gasteiger partial charge is 0.295 e. The van der Waals surface area contributed by atoms with E-state index in [9.17, 15) is 14.7 Å². The van der Waals surface area contributed by atoms with Crippen LogP contribution in [-0.2, 0) is 9.59 Å². The van der Waals surface area contributed by atoms with E-state index in [0.717, 1.165) is 31.7 Å². The molecule has 2 aromatic carbocycles. The van der Waals surface area contributed by atoms with Crippen LogP contribution in [0.4, 0.5) is 0 Å². The highest BCUT2D eigenvalue weighted by Crippen LogP contribution is 2.39. The minimum absolute atomic E-state index is 0.0932. The molecule has 8 heteroatoms. The average molecular weight is 452 g/mol. The molecule has 0 aromatic heterocycles. The highest BCUT2D eigenvalue weighted by atomic mass is 16.5. The second-order valence-electron chi connectivity index (χ2n) is 8.09. The van der Waals surface area contributed by atoms with Gasteiger partial charge in [-0.15, -0.1) is 0 Å². The summed E-state index contributed by atoms with van der Waals surface area (Å²) in [5.74, 6) is -0.159. The van der Waals surface area contributed by atoms with Gasteiger partial charge in [-0.3, -0.25) is 14.5 Å². The van der Waals surface area contributed by atoms with E-state index in [0.29, 0.717) is 30.2 Å². The SMILES string of the molecule is COc1ccc(C(O)=C2C(=O)C(=O)N(CCN3CCNCC3)[C@@H]2c2ccc(OC)cc2)cc1. The van der Waals surface area contributed by atoms with Gasteiger partial charge in [0.2, 0.25) is 0 Å². The standard InChI is InChI=1S/C25H29N3O5/c1-32-19-7-3-17(4-8-19)22-21(23(29)18-5-9-20(33-2)10-6-18)24(30)25(31)28(22)16-15-27-13-11-26-12-14-27/h3-10,22,26,29H,11-16H2,1-2H3/t22-/m1/s1. The minimum Gasteiger partial charge on any atom is -0.507 e. The summed E-state index contributed by atoms with van der Waals surface area (Å²) in [6.45, 7) is 4.63. The molecule has 2 aromatic rings. The molecule has 2 N–H and O–H groups in total. The van der Waals surface area contributed by atoms with Gasteiger partial charge in [0.1, 0.15) is 17.3 Å². The maximum Gasteiger partial charge on any atom is 0.295 e. The quantitative estimate of drug-likeness (QED) is 0.378. The van der Waals surface area contributed by atoms with Crippen LogP contribution in [0.3, 0.4) is 0 Å². The lowest BCUT2D eigenvalue weighted by molar-refractivity contribution is -0.140. The number of nitrogens with one attached hydrogen (secondary N) is 1. The molecular formula is C25H29N3O5. The third-order valence-corrected chi connectivity index (χ3v) is 6.20. The Labute approximate surface area is 193 Å². The topological polar surface area (TPSA) is 91.3 Å². The van der Waals surface area contributed by atoms with Crippen LogP contribution in [0.2, 0.25) is 0 Å². The molecule has 4 rings (SSSR count). The van der Waals surface area contributed by atoms with Gasteiger partial charge < -0.3 is 24.8 Å². The second kappa shape index (κ2) is 10.1. The number of ether oxygens (including phenoxy) is 2. The van der Waals surface area contributed by atoms with E-state index in [-0.39, 0.29) is 11.3 Å². The summed E-state index contributed by atoms with van der Waals surface area (Å²) in [5.41, 5.74) is 1.29. The van der Waals surface area contributed by atoms with E-state index in [2.05, 4.69) is 10.2 Å². The fourth-order valence-corrected chi connectivity index (χ4v) is 4.33. The Morgan fingerprint density at radius 3 is 2.09 bits per heavy atom. The molecule has 2 aliphatic rings. The molecule has 2 heterocycles. The summed E-state index contributed by atoms with van der Waals surface area (Å²) < 4.78 is 10.4. The lowest BCUT2D eigenvalue weighted by Crippen LogP contribution is -2.46. The van der Waals surface area contributed by atoms with Gasteiger partial charge in [-0.05, 0) is 42.0 Å². The lowest BCUT2D eigenvalue weighted by Gasteiger charge is -2.31. The van der Waals surface area contributed by atoms with Crippen LogP contribution in [0.1, 0.15) is 17.2 Å². The number of aliphatic hydroxyl groups excluding tert-OH is 1. The Morgan fingerprint density at radius 1 is 0.939 bits per heavy atom. The van der Waals surface area contributed by atoms with Crippen LogP contribution in [0.25, 0.3) is 5.76 Å². The summed E-state index contributed by atoms with van der Waals surface area (Å²) >= 11 is 0. The summed E-state index contributed by atoms with van der Waals surface area (Å²) in [5, 5.41) is 14.4. The molecule has 0 radical (unpaired) electrons. The number of benzene rings is 2. The average Bonchev–Trinajstić information content (AvgIpc) is 3.12. The highest BCUT2D eigenvalue weighted by Gasteiger charge is 2.46. The summed E-state index contributed by atoms with van der Waals surface area (Å²) in [7, 11) is 3.14. The maximum absolute atomic E-state index is 13.1. The van der Waals surface area contributed by atoms with Crippen molar-refractivity contribution in [2.45, 2.75) is 6.04 Å². The third kappa shape index (κ3) is 4.72. The van der Waals surface area contributed by atoms with E-state index in [1.807, 2.05) is 12.1 Å². The first-order valence-corrected chi connectivity index (χ1v) is 11.0. The number of aliphatic hydroxyl groups is 1. The molecule has 2 fully saturated rings. The number of rotatable bonds is 7. The second-order valence-corrected chi connectivity index (χ2v) is 8.09. The number of carbonyl (C=O) groups excluding carboxylic acids is 2. The Hall–Kier alpha value is -3.36. The van der Waals surface area contributed by atoms with Crippen molar-refractivity contribution in [2.24, 2.45) is 0 Å². The number of amides is 1. The van der Waals surface area contributed by atoms with Crippen LogP contribution in [0.5, 0.6) is 11.5 Å². The molecule has 2 aliphatic heterocycles. The number of Topliss-reactive ketones (excluding diaryl/α,β-unsaturated/α-hetero) is 1. The van der Waals surface area contributed by atoms with Crippen molar-refractivity contribution in [1.29, 1.82) is 0 Å². The largest absolute Gasteiger partial charge is 0.507 e. The Bertz CT molecular complexity index is 1030. The molecule has 33 heavy (non-hydrogen) atoms. The Morgan fingerprint density at radius 2 is 1.52 bits per heavy atom. The normalized spacial score (nSPS) is 20.8. The number of piperazine rings is 1. The van der Waals surface area contributed by atoms with Gasteiger partial charge >= 0.3 is 0 Å². The van der Waals surface area contributed by atoms with Crippen molar-refractivity contribution in [2.75, 3.05) is 53.5 Å². The zero-order chi connectivity index (χ0) is 23.4. The third-order valence-electron chi connectivity index (χ3n) is 6.20. The molecule has 0 bridgehead atoms. The van der Waals surface area contributed by atoms with Crippen molar-refractivity contribution < 1.29 is 24.2 Å². The van der Waals surface area contributed by atoms with Gasteiger partial charge in [0.05, 0.1) is 25.8 Å². The number of hydrogen-bond acceptors (Lipinski definition) is 7. The first-order valence-electron chi connectivity index (χ1n) is 11.0. The summed E-state index contributed by atoms with van der Waals surface area (Å²) in [6.07, 6.45) is 0. The predicted molar refractivity (Wildman–Crippen MR) is 124 cm³/mol. The predicted octanol–water partition coefficient (Wildman–Crippen LogP) is 2.03. The van der Waals surface area contributed by atoms with Crippen LogP contribution in [0.15, 0.2) is 54.1 Å². The maximum atomic E-state index is 13.1. The van der Waals surface area contributed by atoms with Crippen molar-refractivity contribution in [3.63, 3.8) is 0 Å². The molecule has 1 amide bonds. The van der Waals surface area contributed by atoms with Crippen molar-refractivity contribution in [3.8, 4) is 11.5 Å². The molecule has 0 saturated carbocycles. The van der Waals surface area contributed by atoms with E-state index >= 15 is 0 Å². The minimum atomic E-state index is -0.680. The van der Waals surface area contributed by atoms with E-state index in [1.54, 1.807) is 55.5 Å². The van der Waals surface area contributed by atoms with Gasteiger partial charge in [0.15, 0.2) is 0 Å². The number of nitrogens with zero attached hydrogens (tertiary/aromatic N) is 2. The molecule has 1 atom stereocenters. The fraction of sp³-hybridized carbons (Fsp3) is 0.360. The number of carbonyl (C=O) groups is 2. The molecular weight excluding hydrogens is 422 g/mol. The molecule has 2 saturated heterocycles. The summed E-state index contributed by atoms with van der Waals surface area (Å²) in [4.78, 5) is 30.1. The van der Waals surface area contributed by atoms with Gasteiger partial charge in [0, 0.05) is 44.8 Å². The van der Waals surface area contributed by atoms with Crippen LogP contribution in [-0.4, -0.2) is 80.1 Å². The molecule has 0 spiro atoms. The summed E-state index contributed by atoms with van der Waals surface area (Å²) in [6, 6.07) is 13.3. The number of methoxy groups -OCH3 is 2. The number of ketones is 1. The van der Waals surface area contributed by atoms with E-state index in [1.165, 1.54) is 0 Å². The number of hydrogen-bond donors (Lipinski definition) is 2. The monoisotopic (exact) mass is 451 g/mol. The van der Waals surface area contributed by atoms with Crippen LogP contribution < -0.4 is 14.8 Å². The van der Waals surface area contributed by atoms with Crippen molar-refractivity contribution in [1.82, 2.24) is 15.1 Å². The van der Waals surface area contributed by atoms with Crippen molar-refractivity contribution in [3.05, 3.63) is 65.2 Å².